The fourth-order valence-electron chi connectivity index (χ4n) is 3.05. The first kappa shape index (κ1) is 18.1. The second-order valence-electron chi connectivity index (χ2n) is 6.62. The van der Waals surface area contributed by atoms with Gasteiger partial charge in [0.2, 0.25) is 10.0 Å². The summed E-state index contributed by atoms with van der Waals surface area (Å²) >= 11 is 0. The Morgan fingerprint density at radius 2 is 1.72 bits per heavy atom. The van der Waals surface area contributed by atoms with Crippen molar-refractivity contribution in [2.45, 2.75) is 31.7 Å². The third-order valence-corrected chi connectivity index (χ3v) is 6.57. The van der Waals surface area contributed by atoms with Crippen LogP contribution in [0, 0.1) is 0 Å². The molecule has 0 spiro atoms. The van der Waals surface area contributed by atoms with Crippen LogP contribution < -0.4 is 0 Å². The number of likely N-dealkylation sites (N-methyl/N-ethyl adjacent to an activating group) is 1. The molecule has 0 unspecified atom stereocenters. The van der Waals surface area contributed by atoms with Crippen LogP contribution >= 0.6 is 0 Å². The minimum absolute atomic E-state index is 0.100. The summed E-state index contributed by atoms with van der Waals surface area (Å²) < 4.78 is 29.9. The quantitative estimate of drug-likeness (QED) is 0.820. The van der Waals surface area contributed by atoms with E-state index in [1.165, 1.54) is 0 Å². The van der Waals surface area contributed by atoms with Crippen LogP contribution in [0.2, 0.25) is 0 Å². The molecule has 3 rings (SSSR count). The molecule has 0 amide bonds. The normalized spacial score (nSPS) is 17.3. The summed E-state index contributed by atoms with van der Waals surface area (Å²) in [4.78, 5) is 2.57. The predicted molar refractivity (Wildman–Crippen MR) is 98.9 cm³/mol. The summed E-state index contributed by atoms with van der Waals surface area (Å²) in [5.41, 5.74) is 1.36. The number of hydrogen-bond acceptors (Lipinski definition) is 4. The summed E-state index contributed by atoms with van der Waals surface area (Å²) in [6.07, 6.45) is 1.68. The lowest BCUT2D eigenvalue weighted by Gasteiger charge is -2.33. The van der Waals surface area contributed by atoms with Crippen molar-refractivity contribution in [3.05, 3.63) is 36.5 Å². The molecule has 2 heterocycles. The first-order valence-electron chi connectivity index (χ1n) is 8.80. The first-order valence-corrected chi connectivity index (χ1v) is 10.2. The molecule has 0 radical (unpaired) electrons. The highest BCUT2D eigenvalue weighted by molar-refractivity contribution is 7.89. The van der Waals surface area contributed by atoms with Gasteiger partial charge in [0, 0.05) is 44.0 Å². The summed E-state index contributed by atoms with van der Waals surface area (Å²) in [7, 11) is -3.56. The summed E-state index contributed by atoms with van der Waals surface area (Å²) in [5.74, 6) is 0. The molecule has 1 fully saturated rings. The van der Waals surface area contributed by atoms with E-state index in [1.54, 1.807) is 15.2 Å². The van der Waals surface area contributed by atoms with E-state index in [1.807, 2.05) is 44.2 Å². The van der Waals surface area contributed by atoms with E-state index in [9.17, 15) is 8.42 Å². The number of rotatable bonds is 5. The molecule has 2 aromatic rings. The number of nitrogens with zero attached hydrogens (tertiary/aromatic N) is 4. The summed E-state index contributed by atoms with van der Waals surface area (Å²) in [6.45, 7) is 9.65. The standard InChI is InChI=1S/C18H26N4O2S/c1-4-20-10-12-21(13-11-20)25(23,24)17-14-22(15(2)3)19-18(17)16-8-6-5-7-9-16/h5-9,14-15H,4,10-13H2,1-3H3. The maximum Gasteiger partial charge on any atom is 0.246 e. The molecule has 0 aliphatic carbocycles. The maximum atomic E-state index is 13.3. The predicted octanol–water partition coefficient (Wildman–Crippen LogP) is 2.46. The lowest BCUT2D eigenvalue weighted by atomic mass is 10.2. The molecule has 0 saturated carbocycles. The highest BCUT2D eigenvalue weighted by Gasteiger charge is 2.32. The lowest BCUT2D eigenvalue weighted by molar-refractivity contribution is 0.196. The van der Waals surface area contributed by atoms with E-state index in [-0.39, 0.29) is 6.04 Å². The average Bonchev–Trinajstić information content (AvgIpc) is 3.09. The molecule has 6 nitrogen and oxygen atoms in total. The maximum absolute atomic E-state index is 13.3. The Labute approximate surface area is 150 Å². The van der Waals surface area contributed by atoms with Crippen LogP contribution in [0.25, 0.3) is 11.3 Å². The van der Waals surface area contributed by atoms with Crippen molar-refractivity contribution in [1.29, 1.82) is 0 Å². The number of piperazine rings is 1. The molecule has 1 aromatic carbocycles. The van der Waals surface area contributed by atoms with Gasteiger partial charge >= 0.3 is 0 Å². The Bertz CT molecular complexity index is 807. The zero-order valence-electron chi connectivity index (χ0n) is 15.1. The molecule has 1 aliphatic heterocycles. The topological polar surface area (TPSA) is 58.4 Å². The average molecular weight is 362 g/mol. The van der Waals surface area contributed by atoms with Gasteiger partial charge in [-0.3, -0.25) is 4.68 Å². The molecular formula is C18H26N4O2S. The smallest absolute Gasteiger partial charge is 0.246 e. The highest BCUT2D eigenvalue weighted by atomic mass is 32.2. The summed E-state index contributed by atoms with van der Waals surface area (Å²) in [5, 5.41) is 4.57. The van der Waals surface area contributed by atoms with E-state index in [4.69, 9.17) is 0 Å². The highest BCUT2D eigenvalue weighted by Crippen LogP contribution is 2.29. The van der Waals surface area contributed by atoms with E-state index in [2.05, 4.69) is 16.9 Å². The van der Waals surface area contributed by atoms with Crippen molar-refractivity contribution in [2.75, 3.05) is 32.7 Å². The zero-order chi connectivity index (χ0) is 18.0. The second kappa shape index (κ2) is 7.27. The Balaban J connectivity index is 2.00. The molecule has 1 aliphatic rings. The van der Waals surface area contributed by atoms with E-state index in [0.717, 1.165) is 25.2 Å². The molecule has 1 aromatic heterocycles. The van der Waals surface area contributed by atoms with Gasteiger partial charge < -0.3 is 4.90 Å². The van der Waals surface area contributed by atoms with Crippen LogP contribution in [0.15, 0.2) is 41.4 Å². The van der Waals surface area contributed by atoms with Gasteiger partial charge in [0.25, 0.3) is 0 Å². The summed E-state index contributed by atoms with van der Waals surface area (Å²) in [6, 6.07) is 9.63. The van der Waals surface area contributed by atoms with Crippen molar-refractivity contribution in [2.24, 2.45) is 0 Å². The van der Waals surface area contributed by atoms with Crippen molar-refractivity contribution >= 4 is 10.0 Å². The monoisotopic (exact) mass is 362 g/mol. The molecule has 25 heavy (non-hydrogen) atoms. The fourth-order valence-corrected chi connectivity index (χ4v) is 4.62. The van der Waals surface area contributed by atoms with Gasteiger partial charge in [-0.1, -0.05) is 37.3 Å². The zero-order valence-corrected chi connectivity index (χ0v) is 15.9. The van der Waals surface area contributed by atoms with Gasteiger partial charge in [-0.05, 0) is 20.4 Å². The lowest BCUT2D eigenvalue weighted by Crippen LogP contribution is -2.48. The number of aromatic nitrogens is 2. The largest absolute Gasteiger partial charge is 0.301 e. The van der Waals surface area contributed by atoms with Crippen molar-refractivity contribution < 1.29 is 8.42 Å². The third kappa shape index (κ3) is 3.63. The fraction of sp³-hybridized carbons (Fsp3) is 0.500. The molecule has 7 heteroatoms. The van der Waals surface area contributed by atoms with Crippen LogP contribution in [0.3, 0.4) is 0 Å². The van der Waals surface area contributed by atoms with Gasteiger partial charge in [0.1, 0.15) is 10.6 Å². The van der Waals surface area contributed by atoms with Gasteiger partial charge in [-0.2, -0.15) is 9.40 Å². The number of sulfonamides is 1. The Kier molecular flexibility index (Phi) is 5.27. The minimum atomic E-state index is -3.56. The van der Waals surface area contributed by atoms with Crippen LogP contribution in [0.4, 0.5) is 0 Å². The SMILES string of the molecule is CCN1CCN(S(=O)(=O)c2cn(C(C)C)nc2-c2ccccc2)CC1. The first-order chi connectivity index (χ1) is 11.9. The molecule has 0 bridgehead atoms. The van der Waals surface area contributed by atoms with Crippen molar-refractivity contribution in [1.82, 2.24) is 19.0 Å². The van der Waals surface area contributed by atoms with Crippen LogP contribution in [0.5, 0.6) is 0 Å². The minimum Gasteiger partial charge on any atom is -0.301 e. The van der Waals surface area contributed by atoms with Gasteiger partial charge in [0.15, 0.2) is 0 Å². The Morgan fingerprint density at radius 3 is 2.28 bits per heavy atom. The third-order valence-electron chi connectivity index (χ3n) is 4.67. The molecule has 136 valence electrons. The molecular weight excluding hydrogens is 336 g/mol. The van der Waals surface area contributed by atoms with Crippen LogP contribution in [-0.2, 0) is 10.0 Å². The molecule has 0 atom stereocenters. The van der Waals surface area contributed by atoms with Crippen molar-refractivity contribution in [3.63, 3.8) is 0 Å². The van der Waals surface area contributed by atoms with Crippen molar-refractivity contribution in [3.8, 4) is 11.3 Å². The molecule has 1 saturated heterocycles. The van der Waals surface area contributed by atoms with Gasteiger partial charge in [0.05, 0.1) is 0 Å². The van der Waals surface area contributed by atoms with Crippen LogP contribution in [0.1, 0.15) is 26.8 Å². The van der Waals surface area contributed by atoms with Gasteiger partial charge in [-0.25, -0.2) is 8.42 Å². The van der Waals surface area contributed by atoms with Crippen LogP contribution in [-0.4, -0.2) is 60.1 Å². The number of benzene rings is 1. The Morgan fingerprint density at radius 1 is 1.08 bits per heavy atom. The second-order valence-corrected chi connectivity index (χ2v) is 8.53. The number of hydrogen-bond donors (Lipinski definition) is 0. The van der Waals surface area contributed by atoms with E-state index >= 15 is 0 Å². The van der Waals surface area contributed by atoms with E-state index in [0.29, 0.717) is 23.7 Å². The Hall–Kier alpha value is -1.70. The van der Waals surface area contributed by atoms with Gasteiger partial charge in [-0.15, -0.1) is 0 Å². The van der Waals surface area contributed by atoms with E-state index < -0.39 is 10.0 Å². The molecule has 0 N–H and O–H groups in total.